The van der Waals surface area contributed by atoms with Gasteiger partial charge in [-0.1, -0.05) is 0 Å². The Hall–Kier alpha value is -3.90. The van der Waals surface area contributed by atoms with Crippen molar-refractivity contribution >= 4 is 55.7 Å². The normalized spacial score (nSPS) is 11.4. The average molecular weight is 539 g/mol. The number of aromatic nitrogens is 2. The first kappa shape index (κ1) is 26.2. The van der Waals surface area contributed by atoms with Crippen molar-refractivity contribution < 1.29 is 18.6 Å². The Bertz CT molecular complexity index is 1280. The molecule has 0 saturated carbocycles. The molecule has 12 heteroatoms. The lowest BCUT2D eigenvalue weighted by Gasteiger charge is -2.13. The zero-order valence-corrected chi connectivity index (χ0v) is 22.8. The molecule has 0 radical (unpaired) electrons. The largest absolute Gasteiger partial charge is 0.495 e. The smallest absolute Gasteiger partial charge is 0.408 e. The van der Waals surface area contributed by atoms with Gasteiger partial charge in [-0.15, -0.1) is 0 Å². The summed E-state index contributed by atoms with van der Waals surface area (Å²) < 4.78 is 15.0. The fourth-order valence-electron chi connectivity index (χ4n) is 3.36. The molecule has 4 rings (SSSR count). The number of benzene rings is 2. The molecule has 10 nitrogen and oxygen atoms in total. The zero-order chi connectivity index (χ0) is 26.0. The van der Waals surface area contributed by atoms with E-state index >= 15 is 0 Å². The zero-order valence-electron chi connectivity index (χ0n) is 21.2. The van der Waals surface area contributed by atoms with Crippen molar-refractivity contribution in [3.8, 4) is 11.5 Å². The van der Waals surface area contributed by atoms with Gasteiger partial charge in [0.25, 0.3) is 0 Å². The monoisotopic (exact) mass is 538 g/mol. The van der Waals surface area contributed by atoms with E-state index in [-0.39, 0.29) is 0 Å². The fourth-order valence-corrected chi connectivity index (χ4v) is 4.72. The van der Waals surface area contributed by atoms with E-state index in [1.54, 1.807) is 14.2 Å². The molecule has 0 spiro atoms. The van der Waals surface area contributed by atoms with Crippen LogP contribution in [0.25, 0.3) is 0 Å². The van der Waals surface area contributed by atoms with E-state index in [0.29, 0.717) is 0 Å². The van der Waals surface area contributed by atoms with Crippen LogP contribution in [-0.4, -0.2) is 27.3 Å². The van der Waals surface area contributed by atoms with Gasteiger partial charge in [-0.3, -0.25) is 0 Å². The summed E-state index contributed by atoms with van der Waals surface area (Å²) in [6.07, 6.45) is 4.79. The molecule has 0 aliphatic heterocycles. The molecule has 0 aliphatic rings. The molecule has 2 aromatic heterocycles. The van der Waals surface area contributed by atoms with Gasteiger partial charge in [0, 0.05) is 36.0 Å². The fraction of sp³-hybridized carbons (Fsp3) is 0.280. The maximum atomic E-state index is 5.55. The number of ether oxygens (including phenoxy) is 2. The third kappa shape index (κ3) is 7.08. The second kappa shape index (κ2) is 12.9. The molecule has 0 saturated heterocycles. The lowest BCUT2D eigenvalue weighted by Crippen LogP contribution is -2.23. The summed E-state index contributed by atoms with van der Waals surface area (Å²) in [5.41, 5.74) is 3.29. The van der Waals surface area contributed by atoms with Crippen LogP contribution in [0.15, 0.2) is 80.0 Å². The van der Waals surface area contributed by atoms with Gasteiger partial charge in [0.15, 0.2) is 0 Å². The number of azo groups is 2. The van der Waals surface area contributed by atoms with E-state index in [4.69, 9.17) is 9.47 Å². The van der Waals surface area contributed by atoms with Crippen LogP contribution in [0.5, 0.6) is 11.5 Å². The van der Waals surface area contributed by atoms with Crippen LogP contribution in [-0.2, 0) is 14.1 Å². The van der Waals surface area contributed by atoms with Gasteiger partial charge < -0.3 is 20.1 Å². The molecule has 2 heterocycles. The van der Waals surface area contributed by atoms with Crippen LogP contribution >= 0.6 is 22.7 Å². The third-order valence-electron chi connectivity index (χ3n) is 5.38. The summed E-state index contributed by atoms with van der Waals surface area (Å²) >= 11 is 3.07. The van der Waals surface area contributed by atoms with Crippen molar-refractivity contribution in [2.45, 2.75) is 6.42 Å². The minimum absolute atomic E-state index is 0.725. The highest BCUT2D eigenvalue weighted by Gasteiger charge is 2.11. The maximum absolute atomic E-state index is 5.55. The number of thiazole rings is 2. The Kier molecular flexibility index (Phi) is 9.11. The van der Waals surface area contributed by atoms with Crippen LogP contribution in [0.4, 0.5) is 33.0 Å². The minimum Gasteiger partial charge on any atom is -0.495 e. The summed E-state index contributed by atoms with van der Waals surface area (Å²) in [4.78, 5) is 0. The molecule has 2 N–H and O–H groups in total. The Morgan fingerprint density at radius 2 is 1.16 bits per heavy atom. The molecule has 0 fully saturated rings. The summed E-state index contributed by atoms with van der Waals surface area (Å²) in [6.45, 7) is 1.53. The molecule has 0 unspecified atom stereocenters. The van der Waals surface area contributed by atoms with E-state index in [9.17, 15) is 0 Å². The second-order valence-corrected chi connectivity index (χ2v) is 9.72. The Balaban J connectivity index is 1.27. The lowest BCUT2D eigenvalue weighted by molar-refractivity contribution is -0.654. The molecule has 0 aliphatic carbocycles. The molecule has 2 aromatic carbocycles. The van der Waals surface area contributed by atoms with Gasteiger partial charge in [-0.2, -0.15) is 0 Å². The highest BCUT2D eigenvalue weighted by molar-refractivity contribution is 7.13. The Labute approximate surface area is 224 Å². The number of nitrogens with zero attached hydrogens (tertiary/aromatic N) is 6. The number of hydrogen-bond acceptors (Lipinski definition) is 10. The lowest BCUT2D eigenvalue weighted by atomic mass is 10.2. The predicted octanol–water partition coefficient (Wildman–Crippen LogP) is 6.22. The Morgan fingerprint density at radius 3 is 1.54 bits per heavy atom. The third-order valence-corrected chi connectivity index (χ3v) is 7.05. The highest BCUT2D eigenvalue weighted by atomic mass is 32.1. The van der Waals surface area contributed by atoms with E-state index < -0.39 is 0 Å². The maximum Gasteiger partial charge on any atom is 0.408 e. The molecule has 0 bridgehead atoms. The SMILES string of the molecule is COc1cc(/N=N/c2scc[n+]2C)ccc1NCCCNc1ccc(/N=N/c2scc[n+]2C)cc1OC. The van der Waals surface area contributed by atoms with Gasteiger partial charge >= 0.3 is 10.3 Å². The van der Waals surface area contributed by atoms with E-state index in [1.807, 2.05) is 82.8 Å². The standard InChI is InChI=1S/C25H28N8O2S2/c1-32-12-14-36-24(32)30-28-18-6-8-20(22(16-18)34-3)26-10-5-11-27-21-9-7-19(17-23(21)35-4)29-31-25-33(2)13-15-37-25/h6-9,12-17H,5,10-11H2,1-4H3/p+2. The highest BCUT2D eigenvalue weighted by Crippen LogP contribution is 2.32. The van der Waals surface area contributed by atoms with Crippen LogP contribution in [0.2, 0.25) is 0 Å². The van der Waals surface area contributed by atoms with Crippen molar-refractivity contribution in [1.29, 1.82) is 0 Å². The molecular weight excluding hydrogens is 508 g/mol. The Morgan fingerprint density at radius 1 is 0.703 bits per heavy atom. The number of methoxy groups -OCH3 is 2. The summed E-state index contributed by atoms with van der Waals surface area (Å²) in [5.74, 6) is 1.45. The van der Waals surface area contributed by atoms with E-state index in [0.717, 1.165) is 64.0 Å². The first-order valence-electron chi connectivity index (χ1n) is 11.6. The van der Waals surface area contributed by atoms with Crippen molar-refractivity contribution in [2.24, 2.45) is 34.6 Å². The molecule has 192 valence electrons. The van der Waals surface area contributed by atoms with Gasteiger partial charge in [0.05, 0.1) is 49.9 Å². The predicted molar refractivity (Wildman–Crippen MR) is 147 cm³/mol. The van der Waals surface area contributed by atoms with E-state index in [2.05, 4.69) is 31.1 Å². The van der Waals surface area contributed by atoms with Gasteiger partial charge in [-0.25, -0.2) is 9.13 Å². The van der Waals surface area contributed by atoms with Crippen LogP contribution < -0.4 is 29.2 Å². The number of aryl methyl sites for hydroxylation is 2. The van der Waals surface area contributed by atoms with Gasteiger partial charge in [0.1, 0.15) is 35.3 Å². The van der Waals surface area contributed by atoms with Crippen LogP contribution in [0.3, 0.4) is 0 Å². The number of nitrogens with one attached hydrogen (secondary N) is 2. The van der Waals surface area contributed by atoms with Crippen molar-refractivity contribution in [3.63, 3.8) is 0 Å². The molecule has 4 aromatic rings. The molecular formula is C25H30N8O2S2+2. The number of hydrogen-bond donors (Lipinski definition) is 2. The summed E-state index contributed by atoms with van der Waals surface area (Å²) in [7, 11) is 7.19. The molecule has 0 amide bonds. The van der Waals surface area contributed by atoms with Crippen molar-refractivity contribution in [2.75, 3.05) is 37.9 Å². The van der Waals surface area contributed by atoms with Crippen LogP contribution in [0.1, 0.15) is 6.42 Å². The minimum atomic E-state index is 0.725. The number of anilines is 2. The molecule has 37 heavy (non-hydrogen) atoms. The van der Waals surface area contributed by atoms with E-state index in [1.165, 1.54) is 22.7 Å². The quantitative estimate of drug-likeness (QED) is 0.127. The summed E-state index contributed by atoms with van der Waals surface area (Å²) in [6, 6.07) is 11.5. The topological polar surface area (TPSA) is 99.7 Å². The van der Waals surface area contributed by atoms with Crippen molar-refractivity contribution in [1.82, 2.24) is 0 Å². The van der Waals surface area contributed by atoms with Gasteiger partial charge in [0.2, 0.25) is 0 Å². The summed E-state index contributed by atoms with van der Waals surface area (Å²) in [5, 5.41) is 29.7. The second-order valence-electron chi connectivity index (χ2n) is 7.97. The van der Waals surface area contributed by atoms with Gasteiger partial charge in [-0.05, 0) is 63.6 Å². The first-order valence-corrected chi connectivity index (χ1v) is 13.4. The van der Waals surface area contributed by atoms with Crippen LogP contribution in [0, 0.1) is 0 Å². The van der Waals surface area contributed by atoms with Crippen molar-refractivity contribution in [3.05, 3.63) is 59.6 Å². The molecule has 0 atom stereocenters. The average Bonchev–Trinajstić information content (AvgIpc) is 3.53. The number of rotatable bonds is 12. The first-order chi connectivity index (χ1) is 18.1.